The number of aliphatic carboxylic acids is 1. The predicted octanol–water partition coefficient (Wildman–Crippen LogP) is 1.11. The number of halogens is 2. The van der Waals surface area contributed by atoms with Gasteiger partial charge in [0.15, 0.2) is 4.90 Å². The Morgan fingerprint density at radius 2 is 1.89 bits per heavy atom. The minimum atomic E-state index is -4.43. The Hall–Kier alpha value is -1.54. The molecule has 1 rings (SSSR count). The van der Waals surface area contributed by atoms with Crippen molar-refractivity contribution in [2.45, 2.75) is 24.3 Å². The zero-order valence-electron chi connectivity index (χ0n) is 9.35. The summed E-state index contributed by atoms with van der Waals surface area (Å²) in [6.45, 7) is 1.28. The van der Waals surface area contributed by atoms with Gasteiger partial charge in [0, 0.05) is 6.04 Å². The van der Waals surface area contributed by atoms with Gasteiger partial charge in [-0.15, -0.1) is 0 Å². The number of sulfonamides is 1. The fraction of sp³-hybridized carbons (Fsp3) is 0.300. The summed E-state index contributed by atoms with van der Waals surface area (Å²) in [6, 6.07) is 1.66. The molecule has 0 fully saturated rings. The van der Waals surface area contributed by atoms with Gasteiger partial charge in [-0.1, -0.05) is 6.07 Å². The van der Waals surface area contributed by atoms with E-state index in [9.17, 15) is 22.0 Å². The topological polar surface area (TPSA) is 83.5 Å². The van der Waals surface area contributed by atoms with Crippen molar-refractivity contribution in [1.29, 1.82) is 0 Å². The summed E-state index contributed by atoms with van der Waals surface area (Å²) in [7, 11) is -4.43. The maximum atomic E-state index is 13.3. The molecular weight excluding hydrogens is 268 g/mol. The van der Waals surface area contributed by atoms with Crippen molar-refractivity contribution < 1.29 is 27.1 Å². The van der Waals surface area contributed by atoms with Crippen LogP contribution >= 0.6 is 0 Å². The molecule has 2 N–H and O–H groups in total. The SMILES string of the molecule is CC(CC(=O)O)NS(=O)(=O)c1c(F)cccc1F. The van der Waals surface area contributed by atoms with Crippen LogP contribution in [0.2, 0.25) is 0 Å². The van der Waals surface area contributed by atoms with Gasteiger partial charge in [0.05, 0.1) is 6.42 Å². The van der Waals surface area contributed by atoms with Crippen molar-refractivity contribution in [3.63, 3.8) is 0 Å². The van der Waals surface area contributed by atoms with Crippen LogP contribution < -0.4 is 4.72 Å². The first-order valence-electron chi connectivity index (χ1n) is 4.92. The molecule has 0 aliphatic rings. The van der Waals surface area contributed by atoms with E-state index in [0.717, 1.165) is 18.2 Å². The minimum Gasteiger partial charge on any atom is -0.481 e. The maximum Gasteiger partial charge on any atom is 0.304 e. The first kappa shape index (κ1) is 14.5. The first-order chi connectivity index (χ1) is 8.24. The molecule has 1 aromatic rings. The Morgan fingerprint density at radius 1 is 1.39 bits per heavy atom. The smallest absolute Gasteiger partial charge is 0.304 e. The Labute approximate surface area is 102 Å². The predicted molar refractivity (Wildman–Crippen MR) is 58.4 cm³/mol. The van der Waals surface area contributed by atoms with Crippen LogP contribution in [0.5, 0.6) is 0 Å². The molecule has 0 aliphatic heterocycles. The van der Waals surface area contributed by atoms with Crippen LogP contribution in [0, 0.1) is 11.6 Å². The van der Waals surface area contributed by atoms with Gasteiger partial charge in [-0.3, -0.25) is 4.79 Å². The van der Waals surface area contributed by atoms with E-state index in [4.69, 9.17) is 5.11 Å². The van der Waals surface area contributed by atoms with Crippen molar-refractivity contribution in [2.75, 3.05) is 0 Å². The number of carboxylic acid groups (broad SMARTS) is 1. The molecule has 0 aliphatic carbocycles. The second-order valence-electron chi connectivity index (χ2n) is 3.67. The fourth-order valence-corrected chi connectivity index (χ4v) is 2.75. The van der Waals surface area contributed by atoms with Crippen molar-refractivity contribution in [2.24, 2.45) is 0 Å². The van der Waals surface area contributed by atoms with Crippen molar-refractivity contribution >= 4 is 16.0 Å². The Bertz CT molecular complexity index is 539. The lowest BCUT2D eigenvalue weighted by atomic mass is 10.3. The molecule has 0 saturated heterocycles. The molecule has 18 heavy (non-hydrogen) atoms. The first-order valence-corrected chi connectivity index (χ1v) is 6.40. The zero-order chi connectivity index (χ0) is 13.9. The summed E-state index contributed by atoms with van der Waals surface area (Å²) in [5.74, 6) is -3.69. The van der Waals surface area contributed by atoms with Gasteiger partial charge < -0.3 is 5.11 Å². The van der Waals surface area contributed by atoms with Crippen molar-refractivity contribution in [3.8, 4) is 0 Å². The van der Waals surface area contributed by atoms with E-state index in [0.29, 0.717) is 0 Å². The van der Waals surface area contributed by atoms with E-state index in [-0.39, 0.29) is 0 Å². The lowest BCUT2D eigenvalue weighted by molar-refractivity contribution is -0.137. The second-order valence-corrected chi connectivity index (χ2v) is 5.32. The van der Waals surface area contributed by atoms with Gasteiger partial charge >= 0.3 is 5.97 Å². The monoisotopic (exact) mass is 279 g/mol. The highest BCUT2D eigenvalue weighted by Gasteiger charge is 2.25. The Kier molecular flexibility index (Phi) is 4.36. The van der Waals surface area contributed by atoms with E-state index >= 15 is 0 Å². The number of rotatable bonds is 5. The molecule has 0 aromatic heterocycles. The summed E-state index contributed by atoms with van der Waals surface area (Å²) in [5, 5.41) is 8.48. The lowest BCUT2D eigenvalue weighted by Crippen LogP contribution is -2.35. The average molecular weight is 279 g/mol. The summed E-state index contributed by atoms with van der Waals surface area (Å²) in [5.41, 5.74) is 0. The van der Waals surface area contributed by atoms with Gasteiger partial charge in [0.1, 0.15) is 11.6 Å². The minimum absolute atomic E-state index is 0.491. The third-order valence-corrected chi connectivity index (χ3v) is 3.66. The number of benzene rings is 1. The standard InChI is InChI=1S/C10H11F2NO4S/c1-6(5-9(14)15)13-18(16,17)10-7(11)3-2-4-8(10)12/h2-4,6,13H,5H2,1H3,(H,14,15). The normalized spacial score (nSPS) is 13.3. The third-order valence-electron chi connectivity index (χ3n) is 2.02. The summed E-state index contributed by atoms with van der Waals surface area (Å²) >= 11 is 0. The quantitative estimate of drug-likeness (QED) is 0.845. The highest BCUT2D eigenvalue weighted by Crippen LogP contribution is 2.18. The molecule has 100 valence electrons. The summed E-state index contributed by atoms with van der Waals surface area (Å²) < 4.78 is 51.8. The van der Waals surface area contributed by atoms with Crippen LogP contribution in [-0.2, 0) is 14.8 Å². The largest absolute Gasteiger partial charge is 0.481 e. The summed E-state index contributed by atoms with van der Waals surface area (Å²) in [4.78, 5) is 9.27. The molecule has 0 spiro atoms. The average Bonchev–Trinajstić information content (AvgIpc) is 2.13. The molecule has 8 heteroatoms. The maximum absolute atomic E-state index is 13.3. The number of hydrogen-bond donors (Lipinski definition) is 2. The molecule has 1 aromatic carbocycles. The molecule has 0 radical (unpaired) electrons. The van der Waals surface area contributed by atoms with E-state index < -0.39 is 45.0 Å². The van der Waals surface area contributed by atoms with E-state index in [1.807, 2.05) is 4.72 Å². The number of hydrogen-bond acceptors (Lipinski definition) is 3. The van der Waals surface area contributed by atoms with E-state index in [2.05, 4.69) is 0 Å². The van der Waals surface area contributed by atoms with Gasteiger partial charge in [0.25, 0.3) is 0 Å². The van der Waals surface area contributed by atoms with Gasteiger partial charge in [0.2, 0.25) is 10.0 Å². The molecular formula is C10H11F2NO4S. The van der Waals surface area contributed by atoms with Gasteiger partial charge in [-0.05, 0) is 19.1 Å². The van der Waals surface area contributed by atoms with Crippen LogP contribution in [0.25, 0.3) is 0 Å². The summed E-state index contributed by atoms with van der Waals surface area (Å²) in [6.07, 6.45) is -0.491. The van der Waals surface area contributed by atoms with Crippen molar-refractivity contribution in [1.82, 2.24) is 4.72 Å². The molecule has 0 amide bonds. The fourth-order valence-electron chi connectivity index (χ4n) is 1.37. The highest BCUT2D eigenvalue weighted by atomic mass is 32.2. The molecule has 1 unspecified atom stereocenters. The van der Waals surface area contributed by atoms with Crippen LogP contribution in [0.1, 0.15) is 13.3 Å². The number of carbonyl (C=O) groups is 1. The third kappa shape index (κ3) is 3.47. The number of carboxylic acids is 1. The van der Waals surface area contributed by atoms with Crippen LogP contribution in [0.15, 0.2) is 23.1 Å². The Balaban J connectivity index is 3.04. The van der Waals surface area contributed by atoms with Gasteiger partial charge in [-0.25, -0.2) is 21.9 Å². The highest BCUT2D eigenvalue weighted by molar-refractivity contribution is 7.89. The molecule has 0 saturated carbocycles. The van der Waals surface area contributed by atoms with Crippen LogP contribution in [-0.4, -0.2) is 25.5 Å². The molecule has 0 heterocycles. The van der Waals surface area contributed by atoms with Crippen LogP contribution in [0.4, 0.5) is 8.78 Å². The Morgan fingerprint density at radius 3 is 2.33 bits per heavy atom. The lowest BCUT2D eigenvalue weighted by Gasteiger charge is -2.13. The number of nitrogens with one attached hydrogen (secondary N) is 1. The van der Waals surface area contributed by atoms with Crippen LogP contribution in [0.3, 0.4) is 0 Å². The molecule has 0 bridgehead atoms. The second kappa shape index (κ2) is 5.40. The molecule has 5 nitrogen and oxygen atoms in total. The van der Waals surface area contributed by atoms with Gasteiger partial charge in [-0.2, -0.15) is 0 Å². The van der Waals surface area contributed by atoms with E-state index in [1.54, 1.807) is 0 Å². The zero-order valence-corrected chi connectivity index (χ0v) is 10.2. The molecule has 1 atom stereocenters. The van der Waals surface area contributed by atoms with Crippen molar-refractivity contribution in [3.05, 3.63) is 29.8 Å². The van der Waals surface area contributed by atoms with E-state index in [1.165, 1.54) is 6.92 Å².